The molecule has 0 spiro atoms. The Bertz CT molecular complexity index is 450. The molecule has 0 atom stereocenters. The molecule has 0 aliphatic heterocycles. The number of carbonyl (C=O) groups excluding carboxylic acids is 1. The van der Waals surface area contributed by atoms with E-state index >= 15 is 0 Å². The van der Waals surface area contributed by atoms with Crippen LogP contribution in [-0.2, 0) is 0 Å². The summed E-state index contributed by atoms with van der Waals surface area (Å²) >= 11 is 1.18. The Morgan fingerprint density at radius 2 is 2.23 bits per heavy atom. The molecule has 1 aromatic heterocycles. The lowest BCUT2D eigenvalue weighted by atomic mass is 10.3. The summed E-state index contributed by atoms with van der Waals surface area (Å²) in [4.78, 5) is 15.5. The number of rotatable bonds is 0. The number of carbonyl (C=O) groups is 1. The van der Waals surface area contributed by atoms with Crippen molar-refractivity contribution < 1.29 is 4.79 Å². The first-order valence-corrected chi connectivity index (χ1v) is 5.06. The largest absolute Gasteiger partial charge is 0.291 e. The maximum absolute atomic E-state index is 11.4. The SMILES string of the molecule is CSC(=O)n1cnc2ccccc21. The number of para-hydroxylation sites is 2. The lowest BCUT2D eigenvalue weighted by molar-refractivity contribution is 0.262. The molecule has 2 aromatic rings. The molecular formula is C9H8N2OS. The molecule has 0 bridgehead atoms. The third-order valence-corrected chi connectivity index (χ3v) is 2.37. The van der Waals surface area contributed by atoms with Gasteiger partial charge in [-0.15, -0.1) is 0 Å². The minimum atomic E-state index is -0.00583. The van der Waals surface area contributed by atoms with Gasteiger partial charge in [-0.3, -0.25) is 9.36 Å². The number of hydrogen-bond acceptors (Lipinski definition) is 3. The Labute approximate surface area is 79.8 Å². The number of aromatic nitrogens is 2. The highest BCUT2D eigenvalue weighted by Gasteiger charge is 2.06. The second-order valence-electron chi connectivity index (χ2n) is 2.57. The molecule has 0 radical (unpaired) electrons. The fourth-order valence-electron chi connectivity index (χ4n) is 1.20. The van der Waals surface area contributed by atoms with Crippen LogP contribution in [-0.4, -0.2) is 21.0 Å². The van der Waals surface area contributed by atoms with E-state index in [0.29, 0.717) is 0 Å². The summed E-state index contributed by atoms with van der Waals surface area (Å²) in [7, 11) is 0. The Balaban J connectivity index is 2.64. The summed E-state index contributed by atoms with van der Waals surface area (Å²) in [6, 6.07) is 7.58. The summed E-state index contributed by atoms with van der Waals surface area (Å²) in [6.07, 6.45) is 3.32. The first kappa shape index (κ1) is 8.31. The second kappa shape index (κ2) is 3.22. The predicted molar refractivity (Wildman–Crippen MR) is 54.0 cm³/mol. The molecule has 0 unspecified atom stereocenters. The third-order valence-electron chi connectivity index (χ3n) is 1.82. The summed E-state index contributed by atoms with van der Waals surface area (Å²) in [5.41, 5.74) is 1.71. The fourth-order valence-corrected chi connectivity index (χ4v) is 1.55. The van der Waals surface area contributed by atoms with Gasteiger partial charge in [0.05, 0.1) is 11.0 Å². The first-order valence-electron chi connectivity index (χ1n) is 3.83. The van der Waals surface area contributed by atoms with Crippen LogP contribution in [0.15, 0.2) is 30.6 Å². The highest BCUT2D eigenvalue weighted by molar-refractivity contribution is 8.13. The number of imidazole rings is 1. The Hall–Kier alpha value is -1.29. The fraction of sp³-hybridized carbons (Fsp3) is 0.111. The zero-order valence-electron chi connectivity index (χ0n) is 7.10. The lowest BCUT2D eigenvalue weighted by Gasteiger charge is -1.97. The van der Waals surface area contributed by atoms with Gasteiger partial charge in [0.25, 0.3) is 5.24 Å². The van der Waals surface area contributed by atoms with Gasteiger partial charge in [0.15, 0.2) is 0 Å². The summed E-state index contributed by atoms with van der Waals surface area (Å²) in [5, 5.41) is -0.00583. The topological polar surface area (TPSA) is 34.9 Å². The molecule has 3 nitrogen and oxygen atoms in total. The number of fused-ring (bicyclic) bond motifs is 1. The van der Waals surface area contributed by atoms with Gasteiger partial charge in [-0.2, -0.15) is 0 Å². The smallest absolute Gasteiger partial charge is 0.261 e. The van der Waals surface area contributed by atoms with E-state index in [1.807, 2.05) is 24.3 Å². The predicted octanol–water partition coefficient (Wildman–Crippen LogP) is 2.37. The van der Waals surface area contributed by atoms with Crippen LogP contribution in [0.2, 0.25) is 0 Å². The Morgan fingerprint density at radius 1 is 1.46 bits per heavy atom. The van der Waals surface area contributed by atoms with Crippen LogP contribution in [0, 0.1) is 0 Å². The van der Waals surface area contributed by atoms with Crippen LogP contribution >= 0.6 is 11.8 Å². The van der Waals surface area contributed by atoms with Gasteiger partial charge in [-0.05, 0) is 18.4 Å². The van der Waals surface area contributed by atoms with E-state index in [1.165, 1.54) is 11.8 Å². The minimum absolute atomic E-state index is 0.00583. The Kier molecular flexibility index (Phi) is 2.06. The van der Waals surface area contributed by atoms with Gasteiger partial charge in [0.2, 0.25) is 0 Å². The number of thioether (sulfide) groups is 1. The average molecular weight is 192 g/mol. The highest BCUT2D eigenvalue weighted by Crippen LogP contribution is 2.14. The van der Waals surface area contributed by atoms with Crippen LogP contribution in [0.5, 0.6) is 0 Å². The van der Waals surface area contributed by atoms with E-state index in [1.54, 1.807) is 17.2 Å². The van der Waals surface area contributed by atoms with E-state index in [9.17, 15) is 4.79 Å². The molecule has 1 aromatic carbocycles. The van der Waals surface area contributed by atoms with Gasteiger partial charge < -0.3 is 0 Å². The summed E-state index contributed by atoms with van der Waals surface area (Å²) in [5.74, 6) is 0. The van der Waals surface area contributed by atoms with Gasteiger partial charge in [0.1, 0.15) is 6.33 Å². The van der Waals surface area contributed by atoms with Gasteiger partial charge in [0, 0.05) is 0 Å². The van der Waals surface area contributed by atoms with Crippen molar-refractivity contribution in [2.45, 2.75) is 0 Å². The van der Waals surface area contributed by atoms with Crippen molar-refractivity contribution in [1.29, 1.82) is 0 Å². The third kappa shape index (κ3) is 1.33. The monoisotopic (exact) mass is 192 g/mol. The van der Waals surface area contributed by atoms with E-state index in [2.05, 4.69) is 4.98 Å². The van der Waals surface area contributed by atoms with Crippen molar-refractivity contribution >= 4 is 28.0 Å². The number of benzene rings is 1. The molecule has 13 heavy (non-hydrogen) atoms. The quantitative estimate of drug-likeness (QED) is 0.642. The maximum Gasteiger partial charge on any atom is 0.291 e. The standard InChI is InChI=1S/C9H8N2OS/c1-13-9(12)11-6-10-7-4-2-3-5-8(7)11/h2-6H,1H3. The second-order valence-corrected chi connectivity index (χ2v) is 3.33. The zero-order chi connectivity index (χ0) is 9.26. The van der Waals surface area contributed by atoms with E-state index in [4.69, 9.17) is 0 Å². The van der Waals surface area contributed by atoms with Gasteiger partial charge >= 0.3 is 0 Å². The van der Waals surface area contributed by atoms with Crippen molar-refractivity contribution in [2.24, 2.45) is 0 Å². The highest BCUT2D eigenvalue weighted by atomic mass is 32.2. The molecule has 0 saturated heterocycles. The van der Waals surface area contributed by atoms with Crippen molar-refractivity contribution in [1.82, 2.24) is 9.55 Å². The normalized spacial score (nSPS) is 10.5. The van der Waals surface area contributed by atoms with E-state index in [0.717, 1.165) is 11.0 Å². The molecule has 0 fully saturated rings. The molecule has 0 N–H and O–H groups in total. The zero-order valence-corrected chi connectivity index (χ0v) is 7.91. The number of hydrogen-bond donors (Lipinski definition) is 0. The van der Waals surface area contributed by atoms with Crippen LogP contribution in [0.4, 0.5) is 4.79 Å². The van der Waals surface area contributed by atoms with Crippen LogP contribution in [0.25, 0.3) is 11.0 Å². The molecule has 2 rings (SSSR count). The molecule has 1 heterocycles. The average Bonchev–Trinajstić information content (AvgIpc) is 2.60. The lowest BCUT2D eigenvalue weighted by Crippen LogP contribution is -2.01. The molecule has 0 aliphatic carbocycles. The van der Waals surface area contributed by atoms with E-state index < -0.39 is 0 Å². The first-order chi connectivity index (χ1) is 6.33. The van der Waals surface area contributed by atoms with Crippen LogP contribution in [0.3, 0.4) is 0 Å². The Morgan fingerprint density at radius 3 is 3.00 bits per heavy atom. The van der Waals surface area contributed by atoms with Gasteiger partial charge in [-0.25, -0.2) is 4.98 Å². The van der Waals surface area contributed by atoms with Crippen LogP contribution in [0.1, 0.15) is 0 Å². The molecular weight excluding hydrogens is 184 g/mol. The minimum Gasteiger partial charge on any atom is -0.261 e. The molecule has 0 aliphatic rings. The molecule has 4 heteroatoms. The van der Waals surface area contributed by atoms with Gasteiger partial charge in [-0.1, -0.05) is 23.9 Å². The van der Waals surface area contributed by atoms with Crippen molar-refractivity contribution in [2.75, 3.05) is 6.26 Å². The maximum atomic E-state index is 11.4. The summed E-state index contributed by atoms with van der Waals surface area (Å²) < 4.78 is 1.56. The van der Waals surface area contributed by atoms with Crippen molar-refractivity contribution in [3.63, 3.8) is 0 Å². The van der Waals surface area contributed by atoms with Crippen LogP contribution < -0.4 is 0 Å². The molecule has 0 amide bonds. The van der Waals surface area contributed by atoms with Crippen molar-refractivity contribution in [3.8, 4) is 0 Å². The molecule has 0 saturated carbocycles. The molecule has 66 valence electrons. The van der Waals surface area contributed by atoms with Crippen molar-refractivity contribution in [3.05, 3.63) is 30.6 Å². The summed E-state index contributed by atoms with van der Waals surface area (Å²) in [6.45, 7) is 0. The van der Waals surface area contributed by atoms with E-state index in [-0.39, 0.29) is 5.24 Å². The number of nitrogens with zero attached hydrogens (tertiary/aromatic N) is 2.